The summed E-state index contributed by atoms with van der Waals surface area (Å²) in [4.78, 5) is 4.76. The maximum absolute atomic E-state index is 6.16. The predicted octanol–water partition coefficient (Wildman–Crippen LogP) is 4.32. The first-order valence-corrected chi connectivity index (χ1v) is 7.33. The van der Waals surface area contributed by atoms with Crippen LogP contribution in [0.3, 0.4) is 0 Å². The molecule has 0 spiro atoms. The van der Waals surface area contributed by atoms with Gasteiger partial charge in [-0.1, -0.05) is 38.1 Å². The quantitative estimate of drug-likeness (QED) is 0.759. The minimum absolute atomic E-state index is 0.541. The Bertz CT molecular complexity index is 795. The van der Waals surface area contributed by atoms with Crippen molar-refractivity contribution in [2.45, 2.75) is 33.6 Å². The molecule has 1 aromatic carbocycles. The first-order chi connectivity index (χ1) is 9.99. The number of benzene rings is 1. The number of nitrogens with zero attached hydrogens (tertiary/aromatic N) is 2. The smallest absolute Gasteiger partial charge is 0.161 e. The number of fused-ring (bicyclic) bond motifs is 1. The van der Waals surface area contributed by atoms with Gasteiger partial charge in [0.25, 0.3) is 0 Å². The summed E-state index contributed by atoms with van der Waals surface area (Å²) in [5, 5.41) is 0. The standard InChI is InChI=1S/C18H21N3/c1-11(2)14-5-7-15(8-6-14)17-13(4)21-10-9-12(3)16(19)18(21)20-17/h5-11H,19H2,1-4H3. The highest BCUT2D eigenvalue weighted by molar-refractivity contribution is 5.75. The summed E-state index contributed by atoms with van der Waals surface area (Å²) in [6.45, 7) is 8.50. The minimum atomic E-state index is 0.541. The molecule has 3 rings (SSSR count). The molecule has 2 N–H and O–H groups in total. The fraction of sp³-hybridized carbons (Fsp3) is 0.278. The van der Waals surface area contributed by atoms with Crippen molar-refractivity contribution in [3.05, 3.63) is 53.3 Å². The van der Waals surface area contributed by atoms with E-state index in [-0.39, 0.29) is 0 Å². The Morgan fingerprint density at radius 2 is 1.71 bits per heavy atom. The number of imidazole rings is 1. The Morgan fingerprint density at radius 3 is 2.33 bits per heavy atom. The van der Waals surface area contributed by atoms with Crippen molar-refractivity contribution in [1.82, 2.24) is 9.38 Å². The minimum Gasteiger partial charge on any atom is -0.395 e. The van der Waals surface area contributed by atoms with Crippen LogP contribution >= 0.6 is 0 Å². The second kappa shape index (κ2) is 4.92. The van der Waals surface area contributed by atoms with Crippen LogP contribution in [0.15, 0.2) is 36.5 Å². The average Bonchev–Trinajstić information content (AvgIpc) is 2.81. The van der Waals surface area contributed by atoms with Gasteiger partial charge in [0, 0.05) is 17.5 Å². The zero-order valence-corrected chi connectivity index (χ0v) is 13.0. The summed E-state index contributed by atoms with van der Waals surface area (Å²) in [6, 6.07) is 10.7. The van der Waals surface area contributed by atoms with Crippen molar-refractivity contribution >= 4 is 11.3 Å². The third kappa shape index (κ3) is 2.19. The van der Waals surface area contributed by atoms with Gasteiger partial charge in [-0.2, -0.15) is 0 Å². The monoisotopic (exact) mass is 279 g/mol. The summed E-state index contributed by atoms with van der Waals surface area (Å²) in [6.07, 6.45) is 2.04. The highest BCUT2D eigenvalue weighted by Gasteiger charge is 2.13. The van der Waals surface area contributed by atoms with Gasteiger partial charge in [-0.05, 0) is 37.0 Å². The summed E-state index contributed by atoms with van der Waals surface area (Å²) < 4.78 is 2.06. The number of aryl methyl sites for hydroxylation is 2. The van der Waals surface area contributed by atoms with E-state index < -0.39 is 0 Å². The molecule has 0 saturated heterocycles. The van der Waals surface area contributed by atoms with Crippen LogP contribution < -0.4 is 5.73 Å². The second-order valence-electron chi connectivity index (χ2n) is 5.93. The molecule has 3 heteroatoms. The van der Waals surface area contributed by atoms with Crippen LogP contribution in [0.4, 0.5) is 5.69 Å². The number of hydrogen-bond acceptors (Lipinski definition) is 2. The molecular formula is C18H21N3. The summed E-state index contributed by atoms with van der Waals surface area (Å²) in [5.74, 6) is 0.541. The van der Waals surface area contributed by atoms with E-state index in [2.05, 4.69) is 49.4 Å². The van der Waals surface area contributed by atoms with Gasteiger partial charge in [0.05, 0.1) is 11.4 Å². The van der Waals surface area contributed by atoms with Crippen LogP contribution in [0.25, 0.3) is 16.9 Å². The Kier molecular flexibility index (Phi) is 3.20. The highest BCUT2D eigenvalue weighted by Crippen LogP contribution is 2.28. The molecule has 0 saturated carbocycles. The number of nitrogens with two attached hydrogens (primary N) is 1. The second-order valence-corrected chi connectivity index (χ2v) is 5.93. The molecule has 21 heavy (non-hydrogen) atoms. The lowest BCUT2D eigenvalue weighted by molar-refractivity contribution is 0.867. The van der Waals surface area contributed by atoms with Crippen molar-refractivity contribution in [1.29, 1.82) is 0 Å². The maximum atomic E-state index is 6.16. The number of nitrogen functional groups attached to an aromatic ring is 1. The number of rotatable bonds is 2. The van der Waals surface area contributed by atoms with Gasteiger partial charge in [0.1, 0.15) is 0 Å². The van der Waals surface area contributed by atoms with Crippen LogP contribution in [0.2, 0.25) is 0 Å². The molecule has 0 atom stereocenters. The molecule has 2 heterocycles. The molecular weight excluding hydrogens is 258 g/mol. The van der Waals surface area contributed by atoms with E-state index in [1.807, 2.05) is 19.2 Å². The Morgan fingerprint density at radius 1 is 1.05 bits per heavy atom. The van der Waals surface area contributed by atoms with Crippen molar-refractivity contribution in [3.8, 4) is 11.3 Å². The number of anilines is 1. The molecule has 3 aromatic rings. The Hall–Kier alpha value is -2.29. The fourth-order valence-corrected chi connectivity index (χ4v) is 2.64. The van der Waals surface area contributed by atoms with Crippen LogP contribution in [-0.4, -0.2) is 9.38 Å². The van der Waals surface area contributed by atoms with Crippen LogP contribution in [0.1, 0.15) is 36.6 Å². The normalized spacial score (nSPS) is 11.5. The molecule has 0 aliphatic carbocycles. The van der Waals surface area contributed by atoms with Gasteiger partial charge < -0.3 is 10.1 Å². The molecule has 3 nitrogen and oxygen atoms in total. The molecule has 0 bridgehead atoms. The Labute approximate surface area is 125 Å². The van der Waals surface area contributed by atoms with Crippen LogP contribution in [-0.2, 0) is 0 Å². The number of hydrogen-bond donors (Lipinski definition) is 1. The van der Waals surface area contributed by atoms with E-state index >= 15 is 0 Å². The average molecular weight is 279 g/mol. The summed E-state index contributed by atoms with van der Waals surface area (Å²) in [5.41, 5.74) is 13.4. The lowest BCUT2D eigenvalue weighted by atomic mass is 10.0. The SMILES string of the molecule is Cc1ccn2c(C)c(-c3ccc(C(C)C)cc3)nc2c1N. The fourth-order valence-electron chi connectivity index (χ4n) is 2.64. The van der Waals surface area contributed by atoms with Crippen molar-refractivity contribution < 1.29 is 0 Å². The summed E-state index contributed by atoms with van der Waals surface area (Å²) in [7, 11) is 0. The number of aromatic nitrogens is 2. The van der Waals surface area contributed by atoms with Gasteiger partial charge in [0.15, 0.2) is 5.65 Å². The highest BCUT2D eigenvalue weighted by atomic mass is 15.0. The van der Waals surface area contributed by atoms with E-state index in [0.717, 1.165) is 33.8 Å². The Balaban J connectivity index is 2.16. The van der Waals surface area contributed by atoms with Gasteiger partial charge in [-0.25, -0.2) is 4.98 Å². The van der Waals surface area contributed by atoms with E-state index in [9.17, 15) is 0 Å². The van der Waals surface area contributed by atoms with E-state index in [4.69, 9.17) is 10.7 Å². The van der Waals surface area contributed by atoms with Crippen molar-refractivity contribution in [2.24, 2.45) is 0 Å². The zero-order chi connectivity index (χ0) is 15.1. The van der Waals surface area contributed by atoms with Crippen LogP contribution in [0.5, 0.6) is 0 Å². The molecule has 0 amide bonds. The van der Waals surface area contributed by atoms with Crippen molar-refractivity contribution in [3.63, 3.8) is 0 Å². The van der Waals surface area contributed by atoms with Gasteiger partial charge in [-0.15, -0.1) is 0 Å². The maximum Gasteiger partial charge on any atom is 0.161 e. The summed E-state index contributed by atoms with van der Waals surface area (Å²) >= 11 is 0. The number of pyridine rings is 1. The largest absolute Gasteiger partial charge is 0.395 e. The molecule has 2 aromatic heterocycles. The van der Waals surface area contributed by atoms with E-state index in [1.54, 1.807) is 0 Å². The molecule has 0 aliphatic rings. The van der Waals surface area contributed by atoms with Gasteiger partial charge in [0.2, 0.25) is 0 Å². The first kappa shape index (κ1) is 13.7. The lowest BCUT2D eigenvalue weighted by Gasteiger charge is -2.06. The molecule has 0 radical (unpaired) electrons. The zero-order valence-electron chi connectivity index (χ0n) is 13.0. The third-order valence-electron chi connectivity index (χ3n) is 4.14. The first-order valence-electron chi connectivity index (χ1n) is 7.33. The molecule has 0 fully saturated rings. The molecule has 0 unspecified atom stereocenters. The van der Waals surface area contributed by atoms with Gasteiger partial charge >= 0.3 is 0 Å². The molecule has 0 aliphatic heterocycles. The van der Waals surface area contributed by atoms with E-state index in [1.165, 1.54) is 5.56 Å². The predicted molar refractivity (Wildman–Crippen MR) is 88.6 cm³/mol. The third-order valence-corrected chi connectivity index (χ3v) is 4.14. The van der Waals surface area contributed by atoms with Crippen LogP contribution in [0, 0.1) is 13.8 Å². The molecule has 108 valence electrons. The van der Waals surface area contributed by atoms with Gasteiger partial charge in [-0.3, -0.25) is 0 Å². The van der Waals surface area contributed by atoms with Crippen molar-refractivity contribution in [2.75, 3.05) is 5.73 Å². The topological polar surface area (TPSA) is 43.3 Å². The lowest BCUT2D eigenvalue weighted by Crippen LogP contribution is -1.96. The van der Waals surface area contributed by atoms with E-state index in [0.29, 0.717) is 5.92 Å².